The normalized spacial score (nSPS) is 11.1. The first-order valence-electron chi connectivity index (χ1n) is 9.00. The molecule has 0 fully saturated rings. The minimum Gasteiger partial charge on any atom is -0.494 e. The highest BCUT2D eigenvalue weighted by Gasteiger charge is 2.04. The first kappa shape index (κ1) is 23.2. The second-order valence-corrected chi connectivity index (χ2v) is 6.37. The van der Waals surface area contributed by atoms with Gasteiger partial charge in [-0.2, -0.15) is 0 Å². The van der Waals surface area contributed by atoms with Gasteiger partial charge in [0, 0.05) is 32.2 Å². The molecule has 0 aromatic heterocycles. The zero-order chi connectivity index (χ0) is 18.8. The molecule has 0 aliphatic rings. The molecule has 6 heteroatoms. The van der Waals surface area contributed by atoms with Crippen molar-refractivity contribution in [3.8, 4) is 5.75 Å². The third kappa shape index (κ3) is 8.17. The van der Waals surface area contributed by atoms with Gasteiger partial charge in [0.1, 0.15) is 5.75 Å². The molecule has 0 unspecified atom stereocenters. The van der Waals surface area contributed by atoms with Crippen LogP contribution in [0.5, 0.6) is 5.75 Å². The summed E-state index contributed by atoms with van der Waals surface area (Å²) in [7, 11) is 5.94. The number of aliphatic imine (C=N–C) groups is 1. The first-order chi connectivity index (χ1) is 12.6. The van der Waals surface area contributed by atoms with Crippen LogP contribution in [0.2, 0.25) is 0 Å². The molecule has 2 aromatic rings. The van der Waals surface area contributed by atoms with E-state index < -0.39 is 0 Å². The van der Waals surface area contributed by atoms with Crippen LogP contribution in [0.25, 0.3) is 0 Å². The fraction of sp³-hybridized carbons (Fsp3) is 0.381. The van der Waals surface area contributed by atoms with E-state index in [9.17, 15) is 0 Å². The van der Waals surface area contributed by atoms with Gasteiger partial charge in [0.25, 0.3) is 0 Å². The second-order valence-electron chi connectivity index (χ2n) is 6.37. The van der Waals surface area contributed by atoms with Crippen molar-refractivity contribution in [3.05, 3.63) is 65.2 Å². The first-order valence-corrected chi connectivity index (χ1v) is 9.00. The van der Waals surface area contributed by atoms with Gasteiger partial charge in [-0.15, -0.1) is 24.0 Å². The van der Waals surface area contributed by atoms with E-state index in [0.29, 0.717) is 13.2 Å². The average molecular weight is 482 g/mol. The van der Waals surface area contributed by atoms with Gasteiger partial charge >= 0.3 is 0 Å². The Labute approximate surface area is 180 Å². The number of guanidine groups is 1. The van der Waals surface area contributed by atoms with Crippen LogP contribution in [0.4, 0.5) is 0 Å². The van der Waals surface area contributed by atoms with E-state index in [4.69, 9.17) is 4.74 Å². The molecular formula is C21H31IN4O. The third-order valence-corrected chi connectivity index (χ3v) is 3.92. The summed E-state index contributed by atoms with van der Waals surface area (Å²) in [6, 6.07) is 16.7. The molecule has 0 heterocycles. The standard InChI is InChI=1S/C21H30N4O.HI/c1-5-26-20-9-7-6-8-19(20)15-24-21(22-2)23-14-17-10-12-18(13-11-17)16-25(3)4;/h6-13H,5,14-16H2,1-4H3,(H2,22,23,24);1H. The molecule has 0 aliphatic carbocycles. The lowest BCUT2D eigenvalue weighted by Crippen LogP contribution is -2.36. The molecule has 0 saturated heterocycles. The van der Waals surface area contributed by atoms with Gasteiger partial charge < -0.3 is 20.3 Å². The SMILES string of the molecule is CCOc1ccccc1CNC(=NC)NCc1ccc(CN(C)C)cc1.I. The topological polar surface area (TPSA) is 48.9 Å². The van der Waals surface area contributed by atoms with E-state index in [2.05, 4.69) is 65.0 Å². The van der Waals surface area contributed by atoms with Crippen molar-refractivity contribution in [1.29, 1.82) is 0 Å². The molecule has 0 radical (unpaired) electrons. The Hall–Kier alpha value is -1.80. The van der Waals surface area contributed by atoms with Crippen LogP contribution in [-0.4, -0.2) is 38.6 Å². The number of hydrogen-bond acceptors (Lipinski definition) is 3. The zero-order valence-corrected chi connectivity index (χ0v) is 19.0. The summed E-state index contributed by atoms with van der Waals surface area (Å²) in [6.07, 6.45) is 0. The highest BCUT2D eigenvalue weighted by atomic mass is 127. The highest BCUT2D eigenvalue weighted by molar-refractivity contribution is 14.0. The number of ether oxygens (including phenoxy) is 1. The van der Waals surface area contributed by atoms with Crippen molar-refractivity contribution in [2.24, 2.45) is 4.99 Å². The molecule has 0 amide bonds. The van der Waals surface area contributed by atoms with E-state index in [1.807, 2.05) is 25.1 Å². The molecule has 0 spiro atoms. The summed E-state index contributed by atoms with van der Waals surface area (Å²) < 4.78 is 5.67. The van der Waals surface area contributed by atoms with Crippen molar-refractivity contribution in [1.82, 2.24) is 15.5 Å². The Bertz CT molecular complexity index is 702. The van der Waals surface area contributed by atoms with Crippen LogP contribution in [0, 0.1) is 0 Å². The summed E-state index contributed by atoms with van der Waals surface area (Å²) in [5.41, 5.74) is 3.66. The summed E-state index contributed by atoms with van der Waals surface area (Å²) >= 11 is 0. The van der Waals surface area contributed by atoms with E-state index >= 15 is 0 Å². The maximum absolute atomic E-state index is 5.67. The maximum atomic E-state index is 5.67. The van der Waals surface area contributed by atoms with Gasteiger partial charge in [-0.1, -0.05) is 42.5 Å². The molecular weight excluding hydrogens is 451 g/mol. The molecule has 0 aliphatic heterocycles. The molecule has 148 valence electrons. The van der Waals surface area contributed by atoms with E-state index in [1.54, 1.807) is 7.05 Å². The molecule has 0 atom stereocenters. The number of hydrogen-bond donors (Lipinski definition) is 2. The second kappa shape index (κ2) is 12.6. The summed E-state index contributed by atoms with van der Waals surface area (Å²) in [6.45, 7) is 5.01. The highest BCUT2D eigenvalue weighted by Crippen LogP contribution is 2.17. The minimum absolute atomic E-state index is 0. The smallest absolute Gasteiger partial charge is 0.191 e. The number of halogens is 1. The number of nitrogens with zero attached hydrogens (tertiary/aromatic N) is 2. The van der Waals surface area contributed by atoms with Gasteiger partial charge in [0.05, 0.1) is 6.61 Å². The van der Waals surface area contributed by atoms with Gasteiger partial charge in [0.15, 0.2) is 5.96 Å². The van der Waals surface area contributed by atoms with Crippen molar-refractivity contribution in [2.75, 3.05) is 27.7 Å². The summed E-state index contributed by atoms with van der Waals surface area (Å²) in [5.74, 6) is 1.68. The van der Waals surface area contributed by atoms with Crippen LogP contribution < -0.4 is 15.4 Å². The van der Waals surface area contributed by atoms with Crippen LogP contribution in [0.3, 0.4) is 0 Å². The fourth-order valence-electron chi connectivity index (χ4n) is 2.66. The van der Waals surface area contributed by atoms with E-state index in [0.717, 1.165) is 30.4 Å². The molecule has 0 bridgehead atoms. The Morgan fingerprint density at radius 3 is 2.22 bits per heavy atom. The number of rotatable bonds is 8. The van der Waals surface area contributed by atoms with Gasteiger partial charge in [-0.3, -0.25) is 4.99 Å². The fourth-order valence-corrected chi connectivity index (χ4v) is 2.66. The van der Waals surface area contributed by atoms with Gasteiger partial charge in [-0.05, 0) is 38.2 Å². The predicted molar refractivity (Wildman–Crippen MR) is 124 cm³/mol. The summed E-state index contributed by atoms with van der Waals surface area (Å²) in [4.78, 5) is 6.46. The Morgan fingerprint density at radius 1 is 0.963 bits per heavy atom. The third-order valence-electron chi connectivity index (χ3n) is 3.92. The Balaban J connectivity index is 0.00000364. The van der Waals surface area contributed by atoms with Gasteiger partial charge in [-0.25, -0.2) is 0 Å². The van der Waals surface area contributed by atoms with E-state index in [-0.39, 0.29) is 24.0 Å². The van der Waals surface area contributed by atoms with Crippen LogP contribution in [0.15, 0.2) is 53.5 Å². The zero-order valence-electron chi connectivity index (χ0n) is 16.7. The monoisotopic (exact) mass is 482 g/mol. The number of benzene rings is 2. The predicted octanol–water partition coefficient (Wildman–Crippen LogP) is 3.63. The quantitative estimate of drug-likeness (QED) is 0.343. The van der Waals surface area contributed by atoms with Crippen LogP contribution in [0.1, 0.15) is 23.6 Å². The lowest BCUT2D eigenvalue weighted by atomic mass is 10.1. The largest absolute Gasteiger partial charge is 0.494 e. The number of nitrogens with one attached hydrogen (secondary N) is 2. The average Bonchev–Trinajstić information content (AvgIpc) is 2.64. The van der Waals surface area contributed by atoms with E-state index in [1.165, 1.54) is 11.1 Å². The molecule has 2 rings (SSSR count). The Morgan fingerprint density at radius 2 is 1.59 bits per heavy atom. The molecule has 0 saturated carbocycles. The Kier molecular flexibility index (Phi) is 10.8. The lowest BCUT2D eigenvalue weighted by molar-refractivity contribution is 0.336. The minimum atomic E-state index is 0. The van der Waals surface area contributed by atoms with Crippen molar-refractivity contribution in [3.63, 3.8) is 0 Å². The maximum Gasteiger partial charge on any atom is 0.191 e. The summed E-state index contributed by atoms with van der Waals surface area (Å²) in [5, 5.41) is 6.70. The molecule has 27 heavy (non-hydrogen) atoms. The molecule has 5 nitrogen and oxygen atoms in total. The molecule has 2 N–H and O–H groups in total. The van der Waals surface area contributed by atoms with Crippen molar-refractivity contribution < 1.29 is 4.74 Å². The van der Waals surface area contributed by atoms with Crippen molar-refractivity contribution in [2.45, 2.75) is 26.6 Å². The van der Waals surface area contributed by atoms with Crippen LogP contribution in [-0.2, 0) is 19.6 Å². The number of para-hydroxylation sites is 1. The molecule has 2 aromatic carbocycles. The van der Waals surface area contributed by atoms with Gasteiger partial charge in [0.2, 0.25) is 0 Å². The van der Waals surface area contributed by atoms with Crippen molar-refractivity contribution >= 4 is 29.9 Å². The van der Waals surface area contributed by atoms with Crippen LogP contribution >= 0.6 is 24.0 Å². The lowest BCUT2D eigenvalue weighted by Gasteiger charge is -2.15.